The maximum Gasteiger partial charge on any atom is 0.331 e. The highest BCUT2D eigenvalue weighted by atomic mass is 16.5. The molecule has 210 valence electrons. The smallest absolute Gasteiger partial charge is 0.331 e. The van der Waals surface area contributed by atoms with E-state index in [9.17, 15) is 19.2 Å². The molecule has 2 aliphatic rings. The lowest BCUT2D eigenvalue weighted by Crippen LogP contribution is -2.35. The quantitative estimate of drug-likeness (QED) is 0.190. The van der Waals surface area contributed by atoms with Crippen LogP contribution >= 0.6 is 0 Å². The van der Waals surface area contributed by atoms with Crippen molar-refractivity contribution in [2.45, 2.75) is 86.0 Å². The number of nitrogens with zero attached hydrogens (tertiary/aromatic N) is 4. The molecular formula is C28H48N4O5. The summed E-state index contributed by atoms with van der Waals surface area (Å²) in [4.78, 5) is 54.2. The van der Waals surface area contributed by atoms with Crippen LogP contribution in [0.2, 0.25) is 0 Å². The molecule has 6 amide bonds. The van der Waals surface area contributed by atoms with Crippen molar-refractivity contribution in [1.82, 2.24) is 19.6 Å². The molecule has 0 aromatic heterocycles. The van der Waals surface area contributed by atoms with E-state index in [0.29, 0.717) is 19.6 Å². The Balaban J connectivity index is 1.51. The van der Waals surface area contributed by atoms with Crippen molar-refractivity contribution in [1.29, 1.82) is 0 Å². The number of rotatable bonds is 18. The van der Waals surface area contributed by atoms with E-state index in [4.69, 9.17) is 4.74 Å². The highest BCUT2D eigenvalue weighted by Crippen LogP contribution is 2.30. The van der Waals surface area contributed by atoms with Crippen molar-refractivity contribution in [3.05, 3.63) is 12.8 Å². The van der Waals surface area contributed by atoms with Crippen LogP contribution in [0.25, 0.3) is 0 Å². The molecule has 0 bridgehead atoms. The Morgan fingerprint density at radius 2 is 1.24 bits per heavy atom. The van der Waals surface area contributed by atoms with Gasteiger partial charge in [0.1, 0.15) is 13.1 Å². The number of unbranched alkanes of at least 4 members (excludes halogenated alkanes) is 2. The molecule has 0 saturated carbocycles. The van der Waals surface area contributed by atoms with Crippen LogP contribution < -0.4 is 0 Å². The summed E-state index contributed by atoms with van der Waals surface area (Å²) in [5, 5.41) is 0. The second kappa shape index (κ2) is 13.9. The molecule has 0 N–H and O–H groups in total. The predicted molar refractivity (Wildman–Crippen MR) is 144 cm³/mol. The van der Waals surface area contributed by atoms with Gasteiger partial charge >= 0.3 is 12.1 Å². The van der Waals surface area contributed by atoms with E-state index >= 15 is 0 Å². The van der Waals surface area contributed by atoms with Crippen molar-refractivity contribution in [2.75, 3.05) is 45.9 Å². The molecule has 37 heavy (non-hydrogen) atoms. The van der Waals surface area contributed by atoms with Crippen molar-refractivity contribution in [2.24, 2.45) is 10.8 Å². The summed E-state index contributed by atoms with van der Waals surface area (Å²) in [5.74, 6) is -0.242. The van der Waals surface area contributed by atoms with Crippen LogP contribution in [-0.2, 0) is 14.3 Å². The van der Waals surface area contributed by atoms with Gasteiger partial charge in [-0.15, -0.1) is 0 Å². The third kappa shape index (κ3) is 9.43. The Morgan fingerprint density at radius 1 is 0.757 bits per heavy atom. The predicted octanol–water partition coefficient (Wildman–Crippen LogP) is 4.87. The number of likely N-dealkylation sites (N-methyl/N-ethyl adjacent to an activating group) is 1. The number of carbonyl (C=O) groups excluding carboxylic acids is 4. The monoisotopic (exact) mass is 520 g/mol. The third-order valence-corrected chi connectivity index (χ3v) is 7.62. The number of hydrogen-bond donors (Lipinski definition) is 0. The fraction of sp³-hybridized carbons (Fsp3) is 0.786. The fourth-order valence-electron chi connectivity index (χ4n) is 4.78. The first-order valence-corrected chi connectivity index (χ1v) is 13.8. The molecule has 9 nitrogen and oxygen atoms in total. The number of hydrogen-bond acceptors (Lipinski definition) is 5. The molecule has 0 unspecified atom stereocenters. The third-order valence-electron chi connectivity index (χ3n) is 7.62. The molecule has 2 saturated heterocycles. The number of amides is 6. The average molecular weight is 521 g/mol. The zero-order valence-electron chi connectivity index (χ0n) is 23.7. The summed E-state index contributed by atoms with van der Waals surface area (Å²) < 4.78 is 5.83. The van der Waals surface area contributed by atoms with Gasteiger partial charge in [-0.25, -0.2) is 9.59 Å². The number of urea groups is 2. The van der Waals surface area contributed by atoms with Gasteiger partial charge in [-0.2, -0.15) is 0 Å². The molecule has 2 heterocycles. The molecule has 0 radical (unpaired) electrons. The van der Waals surface area contributed by atoms with Gasteiger partial charge in [0, 0.05) is 39.0 Å². The van der Waals surface area contributed by atoms with Crippen LogP contribution in [0.15, 0.2) is 12.8 Å². The van der Waals surface area contributed by atoms with E-state index < -0.39 is 0 Å². The van der Waals surface area contributed by atoms with Gasteiger partial charge in [0.2, 0.25) is 5.91 Å². The van der Waals surface area contributed by atoms with Crippen LogP contribution in [0.5, 0.6) is 0 Å². The van der Waals surface area contributed by atoms with Gasteiger partial charge in [-0.05, 0) is 56.3 Å². The lowest BCUT2D eigenvalue weighted by atomic mass is 9.83. The van der Waals surface area contributed by atoms with Crippen LogP contribution in [0.3, 0.4) is 0 Å². The van der Waals surface area contributed by atoms with Gasteiger partial charge in [-0.3, -0.25) is 24.3 Å². The van der Waals surface area contributed by atoms with Crippen molar-refractivity contribution in [3.8, 4) is 0 Å². The lowest BCUT2D eigenvalue weighted by molar-refractivity contribution is -0.126. The SMILES string of the molecule is C=CN1CC(=O)N(CCC(C)(C)CCCCOCCCCC(C)(C)CCN2C(=O)CN(CC)C2=O)C1=O. The maximum atomic E-state index is 12.2. The van der Waals surface area contributed by atoms with Crippen molar-refractivity contribution >= 4 is 23.9 Å². The number of imide groups is 2. The van der Waals surface area contributed by atoms with E-state index in [1.54, 1.807) is 4.90 Å². The minimum atomic E-state index is -0.271. The molecule has 0 aromatic carbocycles. The average Bonchev–Trinajstić information content (AvgIpc) is 3.27. The standard InChI is InChI=1S/C28H48N4O5/c1-7-29-21-23(33)31(25(29)35)17-15-27(3,4)13-9-11-19-37-20-12-10-14-28(5,6)16-18-32-24(34)22-30(8-2)26(32)36/h7H,1,8-22H2,2-6H3. The summed E-state index contributed by atoms with van der Waals surface area (Å²) >= 11 is 0. The van der Waals surface area contributed by atoms with E-state index in [2.05, 4.69) is 34.3 Å². The second-order valence-electron chi connectivity index (χ2n) is 11.8. The van der Waals surface area contributed by atoms with Crippen LogP contribution in [0, 0.1) is 10.8 Å². The van der Waals surface area contributed by atoms with E-state index in [0.717, 1.165) is 64.6 Å². The van der Waals surface area contributed by atoms with Gasteiger partial charge in [0.25, 0.3) is 5.91 Å². The lowest BCUT2D eigenvalue weighted by Gasteiger charge is -2.27. The van der Waals surface area contributed by atoms with E-state index in [-0.39, 0.29) is 47.8 Å². The number of carbonyl (C=O) groups is 4. The Morgan fingerprint density at radius 3 is 1.68 bits per heavy atom. The zero-order chi connectivity index (χ0) is 27.6. The topological polar surface area (TPSA) is 90.5 Å². The zero-order valence-corrected chi connectivity index (χ0v) is 23.7. The first kappa shape index (κ1) is 30.8. The Hall–Kier alpha value is -2.42. The van der Waals surface area contributed by atoms with Gasteiger partial charge in [0.05, 0.1) is 0 Å². The molecule has 0 aromatic rings. The highest BCUT2D eigenvalue weighted by molar-refractivity contribution is 6.02. The van der Waals surface area contributed by atoms with Crippen LogP contribution in [0.1, 0.15) is 86.0 Å². The summed E-state index contributed by atoms with van der Waals surface area (Å²) in [6.45, 7) is 17.5. The highest BCUT2D eigenvalue weighted by Gasteiger charge is 2.36. The van der Waals surface area contributed by atoms with Crippen molar-refractivity contribution in [3.63, 3.8) is 0 Å². The molecule has 2 fully saturated rings. The molecule has 0 spiro atoms. The molecule has 2 aliphatic heterocycles. The largest absolute Gasteiger partial charge is 0.381 e. The summed E-state index contributed by atoms with van der Waals surface area (Å²) in [6.07, 6.45) is 9.15. The normalized spacial score (nSPS) is 17.1. The molecule has 9 heteroatoms. The van der Waals surface area contributed by atoms with Gasteiger partial charge in [0.15, 0.2) is 0 Å². The van der Waals surface area contributed by atoms with Gasteiger partial charge in [-0.1, -0.05) is 47.1 Å². The minimum Gasteiger partial charge on any atom is -0.381 e. The summed E-state index contributed by atoms with van der Waals surface area (Å²) in [6, 6.07) is -0.426. The van der Waals surface area contributed by atoms with Crippen LogP contribution in [0.4, 0.5) is 9.59 Å². The maximum absolute atomic E-state index is 12.2. The van der Waals surface area contributed by atoms with Crippen LogP contribution in [-0.4, -0.2) is 89.4 Å². The molecule has 2 rings (SSSR count). The van der Waals surface area contributed by atoms with Gasteiger partial charge < -0.3 is 9.64 Å². The summed E-state index contributed by atoms with van der Waals surface area (Å²) in [7, 11) is 0. The van der Waals surface area contributed by atoms with Crippen molar-refractivity contribution < 1.29 is 23.9 Å². The molecular weight excluding hydrogens is 472 g/mol. The molecule has 0 aliphatic carbocycles. The Kier molecular flexibility index (Phi) is 11.6. The first-order valence-electron chi connectivity index (χ1n) is 13.8. The first-order chi connectivity index (χ1) is 17.4. The Labute approximate surface area is 223 Å². The fourth-order valence-corrected chi connectivity index (χ4v) is 4.78. The Bertz CT molecular complexity index is 825. The molecule has 0 atom stereocenters. The van der Waals surface area contributed by atoms with E-state index in [1.165, 1.54) is 20.9 Å². The minimum absolute atomic E-state index is 0.0485. The van der Waals surface area contributed by atoms with E-state index in [1.807, 2.05) is 6.92 Å². The number of ether oxygens (including phenoxy) is 1. The second-order valence-corrected chi connectivity index (χ2v) is 11.8. The summed E-state index contributed by atoms with van der Waals surface area (Å²) in [5.41, 5.74) is 0.118.